The van der Waals surface area contributed by atoms with Gasteiger partial charge in [0, 0.05) is 50.7 Å². The van der Waals surface area contributed by atoms with E-state index in [1.54, 1.807) is 0 Å². The molecular formula is C18H26Cl2N4O2S. The molecule has 0 saturated carbocycles. The van der Waals surface area contributed by atoms with Crippen molar-refractivity contribution in [3.05, 3.63) is 29.0 Å². The maximum Gasteiger partial charge on any atom is 0.228 e. The van der Waals surface area contributed by atoms with E-state index in [9.17, 15) is 4.79 Å². The predicted molar refractivity (Wildman–Crippen MR) is 112 cm³/mol. The van der Waals surface area contributed by atoms with Crippen LogP contribution in [0.15, 0.2) is 21.9 Å². The summed E-state index contributed by atoms with van der Waals surface area (Å²) in [7, 11) is 0. The number of aromatic nitrogens is 1. The van der Waals surface area contributed by atoms with Gasteiger partial charge in [-0.05, 0) is 25.5 Å². The van der Waals surface area contributed by atoms with E-state index >= 15 is 0 Å². The fraction of sp³-hybridized carbons (Fsp3) is 0.556. The Balaban J connectivity index is 0.00000131. The molecule has 2 aromatic rings. The third kappa shape index (κ3) is 5.23. The van der Waals surface area contributed by atoms with Crippen molar-refractivity contribution in [3.8, 4) is 10.8 Å². The van der Waals surface area contributed by atoms with Crippen LogP contribution in [0.3, 0.4) is 0 Å². The van der Waals surface area contributed by atoms with E-state index in [1.165, 1.54) is 11.3 Å². The van der Waals surface area contributed by atoms with Crippen LogP contribution < -0.4 is 5.32 Å². The second kappa shape index (κ2) is 9.89. The number of hydrogen-bond acceptors (Lipinski definition) is 6. The molecule has 2 aromatic heterocycles. The van der Waals surface area contributed by atoms with E-state index in [-0.39, 0.29) is 30.7 Å². The van der Waals surface area contributed by atoms with Crippen molar-refractivity contribution in [1.82, 2.24) is 20.1 Å². The highest BCUT2D eigenvalue weighted by Crippen LogP contribution is 2.26. The smallest absolute Gasteiger partial charge is 0.228 e. The zero-order chi connectivity index (χ0) is 17.2. The van der Waals surface area contributed by atoms with E-state index in [2.05, 4.69) is 15.2 Å². The molecule has 6 nitrogen and oxygen atoms in total. The summed E-state index contributed by atoms with van der Waals surface area (Å²) in [5, 5.41) is 6.20. The number of nitrogens with zero attached hydrogens (tertiary/aromatic N) is 3. The first kappa shape index (κ1) is 22.2. The Morgan fingerprint density at radius 2 is 2.07 bits per heavy atom. The molecule has 1 amide bonds. The van der Waals surface area contributed by atoms with Gasteiger partial charge >= 0.3 is 0 Å². The van der Waals surface area contributed by atoms with Crippen LogP contribution in [0.25, 0.3) is 10.8 Å². The van der Waals surface area contributed by atoms with Gasteiger partial charge in [0.2, 0.25) is 5.91 Å². The molecule has 2 aliphatic heterocycles. The van der Waals surface area contributed by atoms with Gasteiger partial charge in [-0.15, -0.1) is 36.2 Å². The molecule has 150 valence electrons. The van der Waals surface area contributed by atoms with Gasteiger partial charge < -0.3 is 14.6 Å². The molecule has 9 heteroatoms. The van der Waals surface area contributed by atoms with E-state index in [0.29, 0.717) is 12.5 Å². The second-order valence-corrected chi connectivity index (χ2v) is 7.66. The van der Waals surface area contributed by atoms with Crippen molar-refractivity contribution < 1.29 is 9.21 Å². The second-order valence-electron chi connectivity index (χ2n) is 6.80. The number of aryl methyl sites for hydroxylation is 1. The lowest BCUT2D eigenvalue weighted by Gasteiger charge is -2.32. The molecular weight excluding hydrogens is 407 g/mol. The number of carbonyl (C=O) groups excluding carboxylic acids is 1. The predicted octanol–water partition coefficient (Wildman–Crippen LogP) is 2.60. The zero-order valence-corrected chi connectivity index (χ0v) is 17.8. The van der Waals surface area contributed by atoms with Crippen LogP contribution in [0.5, 0.6) is 0 Å². The van der Waals surface area contributed by atoms with Crippen molar-refractivity contribution >= 4 is 42.1 Å². The molecule has 4 rings (SSSR count). The van der Waals surface area contributed by atoms with E-state index < -0.39 is 0 Å². The highest BCUT2D eigenvalue weighted by molar-refractivity contribution is 7.13. The summed E-state index contributed by atoms with van der Waals surface area (Å²) in [5.41, 5.74) is 0.838. The number of piperazine rings is 1. The van der Waals surface area contributed by atoms with Gasteiger partial charge in [-0.1, -0.05) is 0 Å². The third-order valence-electron chi connectivity index (χ3n) is 5.02. The molecule has 1 atom stereocenters. The van der Waals surface area contributed by atoms with Crippen LogP contribution in [0.1, 0.15) is 17.9 Å². The highest BCUT2D eigenvalue weighted by atomic mass is 35.5. The van der Waals surface area contributed by atoms with Gasteiger partial charge in [-0.2, -0.15) is 0 Å². The Bertz CT molecular complexity index is 745. The fourth-order valence-electron chi connectivity index (χ4n) is 3.63. The Hall–Kier alpha value is -1.12. The fourth-order valence-corrected chi connectivity index (χ4v) is 4.41. The minimum Gasteiger partial charge on any atom is -0.459 e. The number of nitrogens with one attached hydrogen (secondary N) is 1. The first-order chi connectivity index (χ1) is 12.2. The first-order valence-electron chi connectivity index (χ1n) is 8.93. The maximum absolute atomic E-state index is 12.6. The molecule has 1 unspecified atom stereocenters. The summed E-state index contributed by atoms with van der Waals surface area (Å²) in [4.78, 5) is 21.7. The number of hydrogen-bond donors (Lipinski definition) is 1. The summed E-state index contributed by atoms with van der Waals surface area (Å²) in [5.74, 6) is 1.84. The number of thiazole rings is 1. The molecule has 0 aromatic carbocycles. The van der Waals surface area contributed by atoms with Crippen LogP contribution in [-0.2, 0) is 11.2 Å². The van der Waals surface area contributed by atoms with Crippen molar-refractivity contribution in [3.63, 3.8) is 0 Å². The monoisotopic (exact) mass is 432 g/mol. The lowest BCUT2D eigenvalue weighted by atomic mass is 10.2. The van der Waals surface area contributed by atoms with Crippen LogP contribution >= 0.6 is 36.2 Å². The van der Waals surface area contributed by atoms with Gasteiger partial charge in [0.25, 0.3) is 0 Å². The van der Waals surface area contributed by atoms with Gasteiger partial charge in [0.05, 0.1) is 12.1 Å². The molecule has 2 fully saturated rings. The van der Waals surface area contributed by atoms with Gasteiger partial charge in [0.1, 0.15) is 5.76 Å². The minimum absolute atomic E-state index is 0. The van der Waals surface area contributed by atoms with Crippen LogP contribution in [0.2, 0.25) is 0 Å². The molecule has 4 heterocycles. The summed E-state index contributed by atoms with van der Waals surface area (Å²) in [6.07, 6.45) is 1.46. The molecule has 27 heavy (non-hydrogen) atoms. The number of furan rings is 1. The molecule has 2 saturated heterocycles. The van der Waals surface area contributed by atoms with E-state index in [4.69, 9.17) is 4.42 Å². The minimum atomic E-state index is 0. The van der Waals surface area contributed by atoms with Crippen molar-refractivity contribution in [2.45, 2.75) is 25.8 Å². The number of likely N-dealkylation sites (tertiary alicyclic amines) is 1. The van der Waals surface area contributed by atoms with Crippen LogP contribution in [-0.4, -0.2) is 66.0 Å². The Labute approximate surface area is 176 Å². The quantitative estimate of drug-likeness (QED) is 0.804. The first-order valence-corrected chi connectivity index (χ1v) is 9.81. The van der Waals surface area contributed by atoms with Gasteiger partial charge in [0.15, 0.2) is 10.8 Å². The number of halogens is 2. The largest absolute Gasteiger partial charge is 0.459 e. The summed E-state index contributed by atoms with van der Waals surface area (Å²) in [6, 6.07) is 4.38. The number of carbonyl (C=O) groups is 1. The molecule has 1 N–H and O–H groups in total. The maximum atomic E-state index is 12.6. The normalized spacial score (nSPS) is 20.2. The summed E-state index contributed by atoms with van der Waals surface area (Å²) in [6.45, 7) is 7.92. The third-order valence-corrected chi connectivity index (χ3v) is 5.92. The molecule has 0 radical (unpaired) electrons. The molecule has 2 aliphatic rings. The standard InChI is InChI=1S/C18H24N4O2S.2ClH/c1-13-2-3-16(24-13)18-20-14(12-25-18)10-17(23)22-7-4-15(11-22)21-8-5-19-6-9-21;;/h2-3,12,15,19H,4-11H2,1H3;2*1H. The zero-order valence-electron chi connectivity index (χ0n) is 15.3. The molecule has 0 spiro atoms. The SMILES string of the molecule is Cc1ccc(-c2nc(CC(=O)N3CCC(N4CCNCC4)C3)cs2)o1.Cl.Cl. The Morgan fingerprint density at radius 1 is 1.30 bits per heavy atom. The molecule has 0 bridgehead atoms. The van der Waals surface area contributed by atoms with Gasteiger partial charge in [-0.3, -0.25) is 9.69 Å². The number of rotatable bonds is 4. The topological polar surface area (TPSA) is 61.6 Å². The van der Waals surface area contributed by atoms with E-state index in [1.807, 2.05) is 29.3 Å². The highest BCUT2D eigenvalue weighted by Gasteiger charge is 2.31. The Kier molecular flexibility index (Phi) is 8.12. The molecule has 0 aliphatic carbocycles. The Morgan fingerprint density at radius 3 is 2.78 bits per heavy atom. The van der Waals surface area contributed by atoms with Gasteiger partial charge in [-0.25, -0.2) is 4.98 Å². The average molecular weight is 433 g/mol. The van der Waals surface area contributed by atoms with E-state index in [0.717, 1.165) is 67.9 Å². The van der Waals surface area contributed by atoms with Crippen molar-refractivity contribution in [1.29, 1.82) is 0 Å². The van der Waals surface area contributed by atoms with Crippen LogP contribution in [0, 0.1) is 6.92 Å². The average Bonchev–Trinajstić information content (AvgIpc) is 3.35. The van der Waals surface area contributed by atoms with Crippen molar-refractivity contribution in [2.24, 2.45) is 0 Å². The lowest BCUT2D eigenvalue weighted by molar-refractivity contribution is -0.129. The summed E-state index contributed by atoms with van der Waals surface area (Å²) >= 11 is 1.53. The number of amides is 1. The van der Waals surface area contributed by atoms with Crippen LogP contribution in [0.4, 0.5) is 0 Å². The lowest BCUT2D eigenvalue weighted by Crippen LogP contribution is -2.49. The van der Waals surface area contributed by atoms with Crippen molar-refractivity contribution in [2.75, 3.05) is 39.3 Å². The summed E-state index contributed by atoms with van der Waals surface area (Å²) < 4.78 is 5.61.